The number of carbonyl (C=O) groups is 1. The summed E-state index contributed by atoms with van der Waals surface area (Å²) in [4.78, 5) is 15.2. The Morgan fingerprint density at radius 2 is 1.67 bits per heavy atom. The fourth-order valence-electron chi connectivity index (χ4n) is 2.39. The predicted molar refractivity (Wildman–Crippen MR) is 101 cm³/mol. The molecule has 0 heterocycles. The van der Waals surface area contributed by atoms with E-state index in [0.717, 1.165) is 22.6 Å². The molecule has 2 rings (SSSR count). The van der Waals surface area contributed by atoms with Crippen LogP contribution in [0, 0.1) is 13.8 Å². The van der Waals surface area contributed by atoms with Gasteiger partial charge in [0.2, 0.25) is 0 Å². The highest BCUT2D eigenvalue weighted by atomic mass is 32.2. The van der Waals surface area contributed by atoms with E-state index >= 15 is 0 Å². The van der Waals surface area contributed by atoms with Crippen LogP contribution in [0.25, 0.3) is 0 Å². The fourth-order valence-corrected chi connectivity index (χ4v) is 3.50. The quantitative estimate of drug-likeness (QED) is 0.780. The average Bonchev–Trinajstić information content (AvgIpc) is 2.56. The highest BCUT2D eigenvalue weighted by Gasteiger charge is 2.19. The summed E-state index contributed by atoms with van der Waals surface area (Å²) in [6.07, 6.45) is 3.96. The van der Waals surface area contributed by atoms with Crippen molar-refractivity contribution in [2.45, 2.75) is 18.7 Å². The number of benzene rings is 2. The van der Waals surface area contributed by atoms with E-state index in [-0.39, 0.29) is 10.9 Å². The Bertz CT molecular complexity index is 726. The highest BCUT2D eigenvalue weighted by Crippen LogP contribution is 2.27. The molecule has 0 N–H and O–H groups in total. The minimum Gasteiger partial charge on any atom is -0.497 e. The van der Waals surface area contributed by atoms with Crippen LogP contribution in [0.1, 0.15) is 11.1 Å². The van der Waals surface area contributed by atoms with E-state index < -0.39 is 6.09 Å². The second-order valence-corrected chi connectivity index (χ2v) is 7.90. The van der Waals surface area contributed by atoms with Crippen molar-refractivity contribution >= 4 is 22.7 Å². The molecule has 4 nitrogen and oxygen atoms in total. The van der Waals surface area contributed by atoms with Crippen LogP contribution in [-0.4, -0.2) is 32.8 Å². The molecule has 0 bridgehead atoms. The van der Waals surface area contributed by atoms with Crippen LogP contribution in [0.15, 0.2) is 41.3 Å². The monoisotopic (exact) mass is 346 g/mol. The lowest BCUT2D eigenvalue weighted by atomic mass is 10.1. The SMILES string of the molecule is COc1ccc(N(C)C(=O)Oc2cc(C)c([S+](C)C)cc2C)cc1. The second kappa shape index (κ2) is 7.62. The third-order valence-electron chi connectivity index (χ3n) is 3.84. The number of anilines is 1. The molecule has 0 aliphatic carbocycles. The van der Waals surface area contributed by atoms with Gasteiger partial charge in [0.25, 0.3) is 0 Å². The van der Waals surface area contributed by atoms with Crippen molar-refractivity contribution in [3.05, 3.63) is 47.5 Å². The summed E-state index contributed by atoms with van der Waals surface area (Å²) in [6, 6.07) is 11.3. The van der Waals surface area contributed by atoms with Crippen LogP contribution in [-0.2, 0) is 10.9 Å². The van der Waals surface area contributed by atoms with Crippen LogP contribution >= 0.6 is 0 Å². The number of aryl methyl sites for hydroxylation is 2. The maximum atomic E-state index is 12.4. The molecular formula is C19H24NO3S+. The molecule has 0 saturated heterocycles. The van der Waals surface area contributed by atoms with E-state index in [0.29, 0.717) is 5.75 Å². The van der Waals surface area contributed by atoms with Crippen molar-refractivity contribution < 1.29 is 14.3 Å². The van der Waals surface area contributed by atoms with E-state index in [1.807, 2.05) is 44.2 Å². The lowest BCUT2D eigenvalue weighted by Gasteiger charge is -2.18. The molecule has 2 aromatic carbocycles. The van der Waals surface area contributed by atoms with Crippen LogP contribution in [0.4, 0.5) is 10.5 Å². The van der Waals surface area contributed by atoms with Gasteiger partial charge in [-0.25, -0.2) is 4.79 Å². The molecule has 0 fully saturated rings. The molecule has 0 aliphatic heterocycles. The van der Waals surface area contributed by atoms with Gasteiger partial charge in [-0.2, -0.15) is 0 Å². The molecule has 0 radical (unpaired) electrons. The van der Waals surface area contributed by atoms with Gasteiger partial charge in [-0.15, -0.1) is 0 Å². The summed E-state index contributed by atoms with van der Waals surface area (Å²) in [6.45, 7) is 4.01. The lowest BCUT2D eigenvalue weighted by Crippen LogP contribution is -2.29. The Labute approximate surface area is 146 Å². The average molecular weight is 346 g/mol. The first-order chi connectivity index (χ1) is 11.3. The summed E-state index contributed by atoms with van der Waals surface area (Å²) >= 11 is 0. The Morgan fingerprint density at radius 3 is 2.21 bits per heavy atom. The number of amides is 1. The first-order valence-electron chi connectivity index (χ1n) is 7.62. The van der Waals surface area contributed by atoms with Gasteiger partial charge in [-0.05, 0) is 49.7 Å². The molecule has 0 unspecified atom stereocenters. The van der Waals surface area contributed by atoms with Crippen molar-refractivity contribution in [3.63, 3.8) is 0 Å². The molecule has 2 aromatic rings. The van der Waals surface area contributed by atoms with Crippen LogP contribution < -0.4 is 14.4 Å². The third-order valence-corrected chi connectivity index (χ3v) is 5.16. The summed E-state index contributed by atoms with van der Waals surface area (Å²) in [7, 11) is 3.48. The van der Waals surface area contributed by atoms with Gasteiger partial charge in [0, 0.05) is 35.3 Å². The second-order valence-electron chi connectivity index (χ2n) is 5.82. The van der Waals surface area contributed by atoms with Gasteiger partial charge in [-0.1, -0.05) is 0 Å². The minimum absolute atomic E-state index is 0.174. The first kappa shape index (κ1) is 18.2. The van der Waals surface area contributed by atoms with E-state index in [9.17, 15) is 4.79 Å². The van der Waals surface area contributed by atoms with Crippen LogP contribution in [0.3, 0.4) is 0 Å². The Balaban J connectivity index is 2.17. The Hall–Kier alpha value is -2.14. The molecule has 0 spiro atoms. The molecule has 24 heavy (non-hydrogen) atoms. The van der Waals surface area contributed by atoms with Crippen LogP contribution in [0.2, 0.25) is 0 Å². The molecule has 0 atom stereocenters. The van der Waals surface area contributed by atoms with Gasteiger partial charge in [0.1, 0.15) is 24.0 Å². The third kappa shape index (κ3) is 4.03. The maximum absolute atomic E-state index is 12.4. The number of methoxy groups -OCH3 is 1. The topological polar surface area (TPSA) is 38.8 Å². The molecule has 1 amide bonds. The van der Waals surface area contributed by atoms with E-state index in [1.54, 1.807) is 14.2 Å². The Kier molecular flexibility index (Phi) is 5.78. The van der Waals surface area contributed by atoms with E-state index in [1.165, 1.54) is 9.80 Å². The maximum Gasteiger partial charge on any atom is 0.419 e. The zero-order chi connectivity index (χ0) is 17.9. The zero-order valence-electron chi connectivity index (χ0n) is 15.0. The van der Waals surface area contributed by atoms with Gasteiger partial charge in [0.05, 0.1) is 7.11 Å². The summed E-state index contributed by atoms with van der Waals surface area (Å²) in [5.74, 6) is 1.35. The normalized spacial score (nSPS) is 10.6. The van der Waals surface area contributed by atoms with Crippen LogP contribution in [0.5, 0.6) is 11.5 Å². The smallest absolute Gasteiger partial charge is 0.419 e. The predicted octanol–water partition coefficient (Wildman–Crippen LogP) is 4.18. The van der Waals surface area contributed by atoms with Gasteiger partial charge >= 0.3 is 6.09 Å². The fraction of sp³-hybridized carbons (Fsp3) is 0.316. The van der Waals surface area contributed by atoms with Crippen molar-refractivity contribution in [3.8, 4) is 11.5 Å². The van der Waals surface area contributed by atoms with E-state index in [2.05, 4.69) is 18.6 Å². The lowest BCUT2D eigenvalue weighted by molar-refractivity contribution is 0.208. The van der Waals surface area contributed by atoms with Gasteiger partial charge in [0.15, 0.2) is 4.90 Å². The van der Waals surface area contributed by atoms with E-state index in [4.69, 9.17) is 9.47 Å². The highest BCUT2D eigenvalue weighted by molar-refractivity contribution is 7.95. The number of hydrogen-bond donors (Lipinski definition) is 0. The number of ether oxygens (including phenoxy) is 2. The number of rotatable bonds is 4. The molecule has 0 aromatic heterocycles. The number of hydrogen-bond acceptors (Lipinski definition) is 3. The number of carbonyl (C=O) groups excluding carboxylic acids is 1. The summed E-state index contributed by atoms with van der Waals surface area (Å²) in [5.41, 5.74) is 2.85. The standard InChI is InChI=1S/C19H24NO3S/c1-13-12-18(24(5)6)14(2)11-17(13)23-19(21)20(3)15-7-9-16(22-4)10-8-15/h7-12H,1-6H3/q+1. The summed E-state index contributed by atoms with van der Waals surface area (Å²) in [5, 5.41) is 0. The molecule has 0 aliphatic rings. The largest absolute Gasteiger partial charge is 0.497 e. The minimum atomic E-state index is -0.414. The summed E-state index contributed by atoms with van der Waals surface area (Å²) < 4.78 is 10.7. The molecule has 5 heteroatoms. The van der Waals surface area contributed by atoms with Gasteiger partial charge < -0.3 is 9.47 Å². The zero-order valence-corrected chi connectivity index (χ0v) is 15.9. The van der Waals surface area contributed by atoms with Crippen molar-refractivity contribution in [1.82, 2.24) is 0 Å². The van der Waals surface area contributed by atoms with Crippen molar-refractivity contribution in [1.29, 1.82) is 0 Å². The Morgan fingerprint density at radius 1 is 1.04 bits per heavy atom. The number of nitrogens with zero attached hydrogens (tertiary/aromatic N) is 1. The van der Waals surface area contributed by atoms with Crippen molar-refractivity contribution in [2.75, 3.05) is 31.6 Å². The van der Waals surface area contributed by atoms with Gasteiger partial charge in [-0.3, -0.25) is 4.90 Å². The first-order valence-corrected chi connectivity index (χ1v) is 9.66. The molecular weight excluding hydrogens is 322 g/mol. The molecule has 0 saturated carbocycles. The van der Waals surface area contributed by atoms with Crippen molar-refractivity contribution in [2.24, 2.45) is 0 Å². The molecule has 128 valence electrons.